The van der Waals surface area contributed by atoms with Crippen molar-refractivity contribution >= 4 is 5.97 Å². The molecule has 1 aliphatic carbocycles. The second kappa shape index (κ2) is 4.52. The zero-order valence-electron chi connectivity index (χ0n) is 10.9. The van der Waals surface area contributed by atoms with Crippen LogP contribution in [0.15, 0.2) is 12.1 Å². The normalized spacial score (nSPS) is 21.5. The second-order valence-corrected chi connectivity index (χ2v) is 5.00. The van der Waals surface area contributed by atoms with Gasteiger partial charge in [0.25, 0.3) is 0 Å². The minimum absolute atomic E-state index is 0.148. The summed E-state index contributed by atoms with van der Waals surface area (Å²) in [5, 5.41) is 9.04. The maximum atomic E-state index is 11.0. The zero-order valence-corrected chi connectivity index (χ0v) is 10.9. The molecule has 0 aromatic heterocycles. The summed E-state index contributed by atoms with van der Waals surface area (Å²) < 4.78 is 10.6. The van der Waals surface area contributed by atoms with Gasteiger partial charge in [0.05, 0.1) is 20.6 Å². The predicted molar refractivity (Wildman–Crippen MR) is 67.5 cm³/mol. The Morgan fingerprint density at radius 2 is 1.94 bits per heavy atom. The Kier molecular flexibility index (Phi) is 3.20. The summed E-state index contributed by atoms with van der Waals surface area (Å²) >= 11 is 0. The molecule has 2 rings (SSSR count). The van der Waals surface area contributed by atoms with E-state index in [0.717, 1.165) is 24.0 Å². The first kappa shape index (κ1) is 12.7. The largest absolute Gasteiger partial charge is 0.493 e. The average Bonchev–Trinajstić information content (AvgIpc) is 2.63. The Morgan fingerprint density at radius 1 is 1.33 bits per heavy atom. The molecule has 0 aliphatic heterocycles. The summed E-state index contributed by atoms with van der Waals surface area (Å²) in [4.78, 5) is 11.0. The zero-order chi connectivity index (χ0) is 13.3. The summed E-state index contributed by atoms with van der Waals surface area (Å²) in [6.07, 6.45) is 1.89. The van der Waals surface area contributed by atoms with Gasteiger partial charge in [-0.2, -0.15) is 0 Å². The molecule has 1 unspecified atom stereocenters. The number of carboxylic acid groups (broad SMARTS) is 1. The van der Waals surface area contributed by atoms with Gasteiger partial charge in [0, 0.05) is 5.41 Å². The molecular formula is C14H18O4. The van der Waals surface area contributed by atoms with E-state index in [1.54, 1.807) is 14.2 Å². The van der Waals surface area contributed by atoms with E-state index in [1.165, 1.54) is 0 Å². The van der Waals surface area contributed by atoms with Gasteiger partial charge in [0.15, 0.2) is 11.5 Å². The van der Waals surface area contributed by atoms with E-state index in [1.807, 2.05) is 19.1 Å². The standard InChI is InChI=1S/C14H18O4/c1-14(8-13(15)16)5-4-9-6-11(17-2)12(18-3)7-10(9)14/h6-7H,4-5,8H2,1-3H3,(H,15,16). The maximum absolute atomic E-state index is 11.0. The van der Waals surface area contributed by atoms with Crippen LogP contribution in [0.1, 0.15) is 30.9 Å². The average molecular weight is 250 g/mol. The van der Waals surface area contributed by atoms with Gasteiger partial charge in [0.1, 0.15) is 0 Å². The van der Waals surface area contributed by atoms with Gasteiger partial charge in [-0.3, -0.25) is 4.79 Å². The number of fused-ring (bicyclic) bond motifs is 1. The molecule has 18 heavy (non-hydrogen) atoms. The number of carboxylic acids is 1. The lowest BCUT2D eigenvalue weighted by Crippen LogP contribution is -2.22. The fraction of sp³-hybridized carbons (Fsp3) is 0.500. The molecule has 0 saturated heterocycles. The van der Waals surface area contributed by atoms with Crippen LogP contribution in [0, 0.1) is 0 Å². The molecular weight excluding hydrogens is 232 g/mol. The molecule has 0 amide bonds. The Hall–Kier alpha value is -1.71. The number of aliphatic carboxylic acids is 1. The molecule has 1 atom stereocenters. The number of hydrogen-bond acceptors (Lipinski definition) is 3. The highest BCUT2D eigenvalue weighted by Gasteiger charge is 2.37. The van der Waals surface area contributed by atoms with Gasteiger partial charge in [-0.05, 0) is 36.1 Å². The smallest absolute Gasteiger partial charge is 0.304 e. The van der Waals surface area contributed by atoms with Crippen molar-refractivity contribution < 1.29 is 19.4 Å². The topological polar surface area (TPSA) is 55.8 Å². The molecule has 1 aliphatic rings. The molecule has 4 heteroatoms. The molecule has 1 aromatic carbocycles. The van der Waals surface area contributed by atoms with Gasteiger partial charge in [-0.25, -0.2) is 0 Å². The lowest BCUT2D eigenvalue weighted by molar-refractivity contribution is -0.138. The molecule has 0 fully saturated rings. The summed E-state index contributed by atoms with van der Waals surface area (Å²) in [6.45, 7) is 2.00. The third-order valence-electron chi connectivity index (χ3n) is 3.75. The Labute approximate surface area is 107 Å². The van der Waals surface area contributed by atoms with E-state index >= 15 is 0 Å². The number of methoxy groups -OCH3 is 2. The van der Waals surface area contributed by atoms with Gasteiger partial charge >= 0.3 is 5.97 Å². The SMILES string of the molecule is COc1cc2c(cc1OC)C(C)(CC(=O)O)CC2. The van der Waals surface area contributed by atoms with Crippen molar-refractivity contribution in [2.24, 2.45) is 0 Å². The minimum atomic E-state index is -0.764. The number of carbonyl (C=O) groups is 1. The Morgan fingerprint density at radius 3 is 2.50 bits per heavy atom. The summed E-state index contributed by atoms with van der Waals surface area (Å²) in [5.41, 5.74) is 1.93. The number of hydrogen-bond donors (Lipinski definition) is 1. The molecule has 4 nitrogen and oxygen atoms in total. The van der Waals surface area contributed by atoms with Gasteiger partial charge in [-0.1, -0.05) is 6.92 Å². The van der Waals surface area contributed by atoms with Crippen LogP contribution in [-0.4, -0.2) is 25.3 Å². The van der Waals surface area contributed by atoms with Crippen LogP contribution in [-0.2, 0) is 16.6 Å². The first-order valence-electron chi connectivity index (χ1n) is 5.97. The van der Waals surface area contributed by atoms with Gasteiger partial charge in [0.2, 0.25) is 0 Å². The highest BCUT2D eigenvalue weighted by atomic mass is 16.5. The third-order valence-corrected chi connectivity index (χ3v) is 3.75. The van der Waals surface area contributed by atoms with Crippen molar-refractivity contribution in [1.82, 2.24) is 0 Å². The molecule has 1 aromatic rings. The number of benzene rings is 1. The summed E-state index contributed by atoms with van der Waals surface area (Å²) in [6, 6.07) is 3.88. The Balaban J connectivity index is 2.46. The van der Waals surface area contributed by atoms with Crippen molar-refractivity contribution in [3.8, 4) is 11.5 Å². The van der Waals surface area contributed by atoms with Crippen LogP contribution in [0.5, 0.6) is 11.5 Å². The highest BCUT2D eigenvalue weighted by Crippen LogP contribution is 2.45. The highest BCUT2D eigenvalue weighted by molar-refractivity contribution is 5.70. The Bertz CT molecular complexity index is 481. The van der Waals surface area contributed by atoms with Gasteiger partial charge in [-0.15, -0.1) is 0 Å². The molecule has 0 heterocycles. The number of aryl methyl sites for hydroxylation is 1. The van der Waals surface area contributed by atoms with Crippen LogP contribution in [0.2, 0.25) is 0 Å². The third kappa shape index (κ3) is 2.03. The van der Waals surface area contributed by atoms with Crippen LogP contribution in [0.4, 0.5) is 0 Å². The minimum Gasteiger partial charge on any atom is -0.493 e. The van der Waals surface area contributed by atoms with E-state index in [9.17, 15) is 4.79 Å². The first-order chi connectivity index (χ1) is 8.50. The summed E-state index contributed by atoms with van der Waals surface area (Å²) in [7, 11) is 3.20. The lowest BCUT2D eigenvalue weighted by atomic mass is 9.81. The first-order valence-corrected chi connectivity index (χ1v) is 5.97. The van der Waals surface area contributed by atoms with Crippen molar-refractivity contribution in [3.05, 3.63) is 23.3 Å². The quantitative estimate of drug-likeness (QED) is 0.891. The molecule has 0 saturated carbocycles. The van der Waals surface area contributed by atoms with E-state index in [-0.39, 0.29) is 11.8 Å². The van der Waals surface area contributed by atoms with Crippen LogP contribution < -0.4 is 9.47 Å². The van der Waals surface area contributed by atoms with E-state index < -0.39 is 5.97 Å². The monoisotopic (exact) mass is 250 g/mol. The van der Waals surface area contributed by atoms with Gasteiger partial charge < -0.3 is 14.6 Å². The van der Waals surface area contributed by atoms with Crippen LogP contribution >= 0.6 is 0 Å². The van der Waals surface area contributed by atoms with E-state index in [4.69, 9.17) is 14.6 Å². The van der Waals surface area contributed by atoms with Crippen molar-refractivity contribution in [2.45, 2.75) is 31.6 Å². The van der Waals surface area contributed by atoms with Crippen molar-refractivity contribution in [3.63, 3.8) is 0 Å². The lowest BCUT2D eigenvalue weighted by Gasteiger charge is -2.24. The fourth-order valence-corrected chi connectivity index (χ4v) is 2.75. The van der Waals surface area contributed by atoms with Crippen molar-refractivity contribution in [2.75, 3.05) is 14.2 Å². The predicted octanol–water partition coefficient (Wildman–Crippen LogP) is 2.38. The van der Waals surface area contributed by atoms with Crippen LogP contribution in [0.3, 0.4) is 0 Å². The van der Waals surface area contributed by atoms with Crippen LogP contribution in [0.25, 0.3) is 0 Å². The summed E-state index contributed by atoms with van der Waals surface area (Å²) in [5.74, 6) is 0.603. The molecule has 0 spiro atoms. The molecule has 98 valence electrons. The number of rotatable bonds is 4. The van der Waals surface area contributed by atoms with E-state index in [0.29, 0.717) is 11.5 Å². The number of ether oxygens (including phenoxy) is 2. The maximum Gasteiger partial charge on any atom is 0.304 e. The van der Waals surface area contributed by atoms with E-state index in [2.05, 4.69) is 0 Å². The second-order valence-electron chi connectivity index (χ2n) is 5.00. The van der Waals surface area contributed by atoms with Crippen molar-refractivity contribution in [1.29, 1.82) is 0 Å². The molecule has 1 N–H and O–H groups in total. The molecule has 0 bridgehead atoms. The fourth-order valence-electron chi connectivity index (χ4n) is 2.75. The molecule has 0 radical (unpaired) electrons.